The third-order valence-corrected chi connectivity index (χ3v) is 5.88. The molecular weight excluding hydrogens is 338 g/mol. The second kappa shape index (κ2) is 9.95. The zero-order valence-corrected chi connectivity index (χ0v) is 16.9. The van der Waals surface area contributed by atoms with E-state index < -0.39 is 0 Å². The molecule has 0 radical (unpaired) electrons. The number of piperidine rings is 2. The van der Waals surface area contributed by atoms with Gasteiger partial charge in [-0.2, -0.15) is 0 Å². The number of benzene rings is 1. The van der Waals surface area contributed by atoms with Gasteiger partial charge in [0.25, 0.3) is 0 Å². The molecule has 0 aliphatic carbocycles. The first-order valence-electron chi connectivity index (χ1n) is 10.3. The number of nitrogens with one attached hydrogen (secondary N) is 2. The van der Waals surface area contributed by atoms with E-state index in [1.807, 2.05) is 6.07 Å². The minimum absolute atomic E-state index is 0.0295. The average Bonchev–Trinajstić information content (AvgIpc) is 2.69. The molecule has 0 bridgehead atoms. The van der Waals surface area contributed by atoms with Crippen LogP contribution in [-0.4, -0.2) is 81.3 Å². The van der Waals surface area contributed by atoms with Crippen molar-refractivity contribution in [1.82, 2.24) is 20.4 Å². The van der Waals surface area contributed by atoms with Crippen LogP contribution in [0.15, 0.2) is 30.3 Å². The lowest BCUT2D eigenvalue weighted by Crippen LogP contribution is -2.51. The van der Waals surface area contributed by atoms with Crippen molar-refractivity contribution < 1.29 is 4.79 Å². The highest BCUT2D eigenvalue weighted by Crippen LogP contribution is 2.19. The van der Waals surface area contributed by atoms with E-state index in [4.69, 9.17) is 0 Å². The molecule has 150 valence electrons. The molecule has 1 aromatic carbocycles. The molecule has 0 spiro atoms. The van der Waals surface area contributed by atoms with E-state index in [9.17, 15) is 4.79 Å². The molecule has 6 nitrogen and oxygen atoms in total. The summed E-state index contributed by atoms with van der Waals surface area (Å²) in [6.45, 7) is 5.85. The molecule has 2 fully saturated rings. The van der Waals surface area contributed by atoms with Crippen molar-refractivity contribution in [3.63, 3.8) is 0 Å². The summed E-state index contributed by atoms with van der Waals surface area (Å²) in [7, 11) is 4.33. The maximum atomic E-state index is 12.3. The van der Waals surface area contributed by atoms with Gasteiger partial charge in [-0.25, -0.2) is 4.79 Å². The number of anilines is 1. The highest BCUT2D eigenvalue weighted by Gasteiger charge is 2.22. The van der Waals surface area contributed by atoms with Gasteiger partial charge in [-0.15, -0.1) is 0 Å². The Morgan fingerprint density at radius 1 is 1.11 bits per heavy atom. The lowest BCUT2D eigenvalue weighted by molar-refractivity contribution is 0.145. The van der Waals surface area contributed by atoms with Gasteiger partial charge in [0.05, 0.1) is 0 Å². The topological polar surface area (TPSA) is 50.9 Å². The number of urea groups is 1. The molecule has 2 aliphatic heterocycles. The largest absolute Gasteiger partial charge is 0.369 e. The van der Waals surface area contributed by atoms with Crippen molar-refractivity contribution in [2.75, 3.05) is 58.3 Å². The molecule has 2 heterocycles. The molecule has 1 aromatic rings. The molecule has 0 saturated carbocycles. The third-order valence-electron chi connectivity index (χ3n) is 5.88. The Kier molecular flexibility index (Phi) is 7.35. The number of hydrogen-bond acceptors (Lipinski definition) is 4. The molecule has 1 atom stereocenters. The van der Waals surface area contributed by atoms with Crippen LogP contribution >= 0.6 is 0 Å². The Balaban J connectivity index is 1.33. The smallest absolute Gasteiger partial charge is 0.315 e. The maximum Gasteiger partial charge on any atom is 0.315 e. The number of para-hydroxylation sites is 1. The predicted molar refractivity (Wildman–Crippen MR) is 111 cm³/mol. The third kappa shape index (κ3) is 6.11. The van der Waals surface area contributed by atoms with Crippen molar-refractivity contribution in [3.05, 3.63) is 30.3 Å². The molecule has 27 heavy (non-hydrogen) atoms. The first-order valence-corrected chi connectivity index (χ1v) is 10.3. The summed E-state index contributed by atoms with van der Waals surface area (Å²) < 4.78 is 0. The standard InChI is InChI=1S/C21H35N5O/c1-24(2)19-10-14-25(15-11-19)16-12-22-21(27)23-18-7-6-13-26(17-18)20-8-4-3-5-9-20/h3-5,8-9,18-19H,6-7,10-17H2,1-2H3,(H2,22,23,27). The second-order valence-corrected chi connectivity index (χ2v) is 8.06. The molecule has 2 saturated heterocycles. The number of nitrogens with zero attached hydrogens (tertiary/aromatic N) is 3. The fourth-order valence-corrected chi connectivity index (χ4v) is 4.19. The average molecular weight is 374 g/mol. The quantitative estimate of drug-likeness (QED) is 0.801. The van der Waals surface area contributed by atoms with Crippen LogP contribution in [-0.2, 0) is 0 Å². The van der Waals surface area contributed by atoms with Crippen LogP contribution in [0.25, 0.3) is 0 Å². The SMILES string of the molecule is CN(C)C1CCN(CCNC(=O)NC2CCCN(c3ccccc3)C2)CC1. The van der Waals surface area contributed by atoms with Gasteiger partial charge in [-0.3, -0.25) is 0 Å². The molecule has 1 unspecified atom stereocenters. The van der Waals surface area contributed by atoms with Crippen molar-refractivity contribution >= 4 is 11.7 Å². The number of rotatable bonds is 6. The van der Waals surface area contributed by atoms with Crippen LogP contribution in [0.4, 0.5) is 10.5 Å². The Labute approximate surface area is 163 Å². The Hall–Kier alpha value is -1.79. The predicted octanol–water partition coefficient (Wildman–Crippen LogP) is 1.98. The molecule has 2 N–H and O–H groups in total. The summed E-state index contributed by atoms with van der Waals surface area (Å²) in [5.74, 6) is 0. The van der Waals surface area contributed by atoms with Crippen LogP contribution in [0.3, 0.4) is 0 Å². The van der Waals surface area contributed by atoms with Crippen LogP contribution in [0, 0.1) is 0 Å². The fraction of sp³-hybridized carbons (Fsp3) is 0.667. The van der Waals surface area contributed by atoms with Crippen LogP contribution < -0.4 is 15.5 Å². The fourth-order valence-electron chi connectivity index (χ4n) is 4.19. The Bertz CT molecular complexity index is 571. The summed E-state index contributed by atoms with van der Waals surface area (Å²) in [6, 6.07) is 11.4. The molecule has 2 amide bonds. The lowest BCUT2D eigenvalue weighted by Gasteiger charge is -2.35. The number of carbonyl (C=O) groups is 1. The van der Waals surface area contributed by atoms with E-state index in [0.717, 1.165) is 45.6 Å². The van der Waals surface area contributed by atoms with Crippen molar-refractivity contribution in [2.45, 2.75) is 37.8 Å². The van der Waals surface area contributed by atoms with Gasteiger partial charge in [0.1, 0.15) is 0 Å². The molecule has 0 aromatic heterocycles. The Morgan fingerprint density at radius 2 is 1.85 bits per heavy atom. The molecule has 6 heteroatoms. The van der Waals surface area contributed by atoms with Gasteiger partial charge in [0, 0.05) is 44.0 Å². The van der Waals surface area contributed by atoms with E-state index in [2.05, 4.69) is 63.7 Å². The normalized spacial score (nSPS) is 22.0. The minimum atomic E-state index is -0.0295. The zero-order valence-electron chi connectivity index (χ0n) is 16.9. The molecule has 3 rings (SSSR count). The summed E-state index contributed by atoms with van der Waals surface area (Å²) in [5, 5.41) is 6.21. The molecule has 2 aliphatic rings. The lowest BCUT2D eigenvalue weighted by atomic mass is 10.0. The van der Waals surface area contributed by atoms with Gasteiger partial charge in [0.15, 0.2) is 0 Å². The maximum absolute atomic E-state index is 12.3. The summed E-state index contributed by atoms with van der Waals surface area (Å²) in [5.41, 5.74) is 1.24. The number of likely N-dealkylation sites (tertiary alicyclic amines) is 1. The van der Waals surface area contributed by atoms with E-state index in [-0.39, 0.29) is 12.1 Å². The van der Waals surface area contributed by atoms with E-state index in [0.29, 0.717) is 12.6 Å². The summed E-state index contributed by atoms with van der Waals surface area (Å²) in [6.07, 6.45) is 4.60. The van der Waals surface area contributed by atoms with E-state index >= 15 is 0 Å². The van der Waals surface area contributed by atoms with E-state index in [1.165, 1.54) is 18.5 Å². The van der Waals surface area contributed by atoms with E-state index in [1.54, 1.807) is 0 Å². The van der Waals surface area contributed by atoms with Crippen molar-refractivity contribution in [2.24, 2.45) is 0 Å². The monoisotopic (exact) mass is 373 g/mol. The van der Waals surface area contributed by atoms with Crippen molar-refractivity contribution in [3.8, 4) is 0 Å². The number of amides is 2. The highest BCUT2D eigenvalue weighted by molar-refractivity contribution is 5.74. The molecular formula is C21H35N5O. The van der Waals surface area contributed by atoms with Gasteiger partial charge in [-0.1, -0.05) is 18.2 Å². The minimum Gasteiger partial charge on any atom is -0.369 e. The zero-order chi connectivity index (χ0) is 19.1. The van der Waals surface area contributed by atoms with Crippen LogP contribution in [0.5, 0.6) is 0 Å². The van der Waals surface area contributed by atoms with Gasteiger partial charge < -0.3 is 25.3 Å². The number of carbonyl (C=O) groups excluding carboxylic acids is 1. The first-order chi connectivity index (χ1) is 13.1. The van der Waals surface area contributed by atoms with Gasteiger partial charge in [0.2, 0.25) is 0 Å². The first kappa shape index (κ1) is 20.0. The summed E-state index contributed by atoms with van der Waals surface area (Å²) >= 11 is 0. The van der Waals surface area contributed by atoms with Crippen molar-refractivity contribution in [1.29, 1.82) is 0 Å². The second-order valence-electron chi connectivity index (χ2n) is 8.06. The van der Waals surface area contributed by atoms with Gasteiger partial charge >= 0.3 is 6.03 Å². The van der Waals surface area contributed by atoms with Crippen LogP contribution in [0.2, 0.25) is 0 Å². The van der Waals surface area contributed by atoms with Crippen LogP contribution in [0.1, 0.15) is 25.7 Å². The summed E-state index contributed by atoms with van der Waals surface area (Å²) in [4.78, 5) is 19.4. The number of hydrogen-bond donors (Lipinski definition) is 2. The van der Waals surface area contributed by atoms with Gasteiger partial charge in [-0.05, 0) is 65.0 Å². The highest BCUT2D eigenvalue weighted by atomic mass is 16.2. The Morgan fingerprint density at radius 3 is 2.56 bits per heavy atom.